The fraction of sp³-hybridized carbons (Fsp3) is 1.00. The van der Waals surface area contributed by atoms with Gasteiger partial charge in [-0.3, -0.25) is 0 Å². The van der Waals surface area contributed by atoms with Crippen LogP contribution >= 0.6 is 0 Å². The first-order chi connectivity index (χ1) is 7.80. The van der Waals surface area contributed by atoms with Gasteiger partial charge in [0.15, 0.2) is 0 Å². The molecule has 0 aromatic rings. The molecular formula is C16H33N. The zero-order valence-electron chi connectivity index (χ0n) is 13.0. The highest BCUT2D eigenvalue weighted by molar-refractivity contribution is 4.87. The fourth-order valence-corrected chi connectivity index (χ4v) is 3.53. The summed E-state index contributed by atoms with van der Waals surface area (Å²) in [6, 6.07) is 0. The van der Waals surface area contributed by atoms with E-state index in [0.29, 0.717) is 10.8 Å². The molecule has 0 amide bonds. The lowest BCUT2D eigenvalue weighted by molar-refractivity contribution is 0.0625. The zero-order chi connectivity index (χ0) is 13.1. The molecule has 1 aliphatic rings. The molecule has 0 aromatic carbocycles. The van der Waals surface area contributed by atoms with Crippen molar-refractivity contribution in [3.63, 3.8) is 0 Å². The maximum absolute atomic E-state index is 2.59. The molecule has 102 valence electrons. The van der Waals surface area contributed by atoms with E-state index in [1.807, 2.05) is 0 Å². The molecular weight excluding hydrogens is 206 g/mol. The van der Waals surface area contributed by atoms with E-state index in [9.17, 15) is 0 Å². The molecule has 1 heteroatoms. The summed E-state index contributed by atoms with van der Waals surface area (Å²) >= 11 is 0. The van der Waals surface area contributed by atoms with Crippen LogP contribution in [-0.2, 0) is 0 Å². The largest absolute Gasteiger partial charge is 0.304 e. The van der Waals surface area contributed by atoms with Crippen LogP contribution in [0.1, 0.15) is 67.2 Å². The number of hydrogen-bond acceptors (Lipinski definition) is 1. The van der Waals surface area contributed by atoms with Crippen molar-refractivity contribution in [2.75, 3.05) is 19.6 Å². The summed E-state index contributed by atoms with van der Waals surface area (Å²) in [5, 5.41) is 0. The monoisotopic (exact) mass is 239 g/mol. The van der Waals surface area contributed by atoms with Gasteiger partial charge in [0.1, 0.15) is 0 Å². The van der Waals surface area contributed by atoms with Crippen LogP contribution in [0.2, 0.25) is 0 Å². The fourth-order valence-electron chi connectivity index (χ4n) is 3.53. The van der Waals surface area contributed by atoms with Crippen LogP contribution in [-0.4, -0.2) is 24.5 Å². The molecule has 1 nitrogen and oxygen atoms in total. The number of piperidine rings is 1. The third-order valence-electron chi connectivity index (χ3n) is 5.03. The Balaban J connectivity index is 2.54. The highest BCUT2D eigenvalue weighted by Crippen LogP contribution is 2.44. The first kappa shape index (κ1) is 15.0. The van der Waals surface area contributed by atoms with E-state index in [0.717, 1.165) is 5.92 Å². The smallest absolute Gasteiger partial charge is 0.00160 e. The molecule has 0 radical (unpaired) electrons. The summed E-state index contributed by atoms with van der Waals surface area (Å²) in [6.07, 6.45) is 5.47. The van der Waals surface area contributed by atoms with Gasteiger partial charge >= 0.3 is 0 Å². The molecule has 0 unspecified atom stereocenters. The van der Waals surface area contributed by atoms with Crippen molar-refractivity contribution in [1.29, 1.82) is 0 Å². The minimum Gasteiger partial charge on any atom is -0.304 e. The van der Waals surface area contributed by atoms with Gasteiger partial charge in [0, 0.05) is 0 Å². The van der Waals surface area contributed by atoms with E-state index in [1.165, 1.54) is 45.3 Å². The first-order valence-electron chi connectivity index (χ1n) is 7.53. The number of likely N-dealkylation sites (tertiary alicyclic amines) is 1. The molecule has 1 fully saturated rings. The van der Waals surface area contributed by atoms with Crippen LogP contribution < -0.4 is 0 Å². The molecule has 0 N–H and O–H groups in total. The molecule has 0 saturated carbocycles. The maximum atomic E-state index is 2.59. The van der Waals surface area contributed by atoms with Gasteiger partial charge in [-0.05, 0) is 55.6 Å². The second kappa shape index (κ2) is 5.73. The van der Waals surface area contributed by atoms with Gasteiger partial charge < -0.3 is 4.90 Å². The Kier molecular flexibility index (Phi) is 5.07. The Labute approximate surface area is 109 Å². The van der Waals surface area contributed by atoms with Gasteiger partial charge in [0.25, 0.3) is 0 Å². The molecule has 1 rings (SSSR count). The van der Waals surface area contributed by atoms with E-state index in [2.05, 4.69) is 46.4 Å². The maximum Gasteiger partial charge on any atom is -0.00160 e. The Morgan fingerprint density at radius 1 is 1.00 bits per heavy atom. The molecule has 1 saturated heterocycles. The van der Waals surface area contributed by atoms with Crippen LogP contribution in [0.4, 0.5) is 0 Å². The molecule has 0 aliphatic carbocycles. The van der Waals surface area contributed by atoms with Gasteiger partial charge in [0.05, 0.1) is 0 Å². The van der Waals surface area contributed by atoms with Crippen LogP contribution in [0, 0.1) is 16.7 Å². The van der Waals surface area contributed by atoms with Crippen molar-refractivity contribution in [3.05, 3.63) is 0 Å². The summed E-state index contributed by atoms with van der Waals surface area (Å²) in [5.74, 6) is 0.927. The standard InChI is InChI=1S/C16H33N/c1-7-15(3,4)13-16(5,6)14-9-11-17(8-2)12-10-14/h14H,7-13H2,1-6H3. The SMILES string of the molecule is CCN1CCC(C(C)(C)CC(C)(C)CC)CC1. The minimum atomic E-state index is 0.505. The average Bonchev–Trinajstić information content (AvgIpc) is 2.28. The lowest BCUT2D eigenvalue weighted by Gasteiger charge is -2.44. The third kappa shape index (κ3) is 4.28. The Hall–Kier alpha value is -0.0400. The lowest BCUT2D eigenvalue weighted by Crippen LogP contribution is -2.40. The summed E-state index contributed by atoms with van der Waals surface area (Å²) in [5.41, 5.74) is 1.02. The van der Waals surface area contributed by atoms with E-state index in [4.69, 9.17) is 0 Å². The minimum absolute atomic E-state index is 0.505. The molecule has 1 heterocycles. The average molecular weight is 239 g/mol. The summed E-state index contributed by atoms with van der Waals surface area (Å²) < 4.78 is 0. The molecule has 0 atom stereocenters. The van der Waals surface area contributed by atoms with Crippen molar-refractivity contribution < 1.29 is 0 Å². The van der Waals surface area contributed by atoms with Crippen molar-refractivity contribution in [2.45, 2.75) is 67.2 Å². The highest BCUT2D eigenvalue weighted by atomic mass is 15.1. The second-order valence-corrected chi connectivity index (χ2v) is 7.39. The van der Waals surface area contributed by atoms with Gasteiger partial charge in [-0.15, -0.1) is 0 Å². The lowest BCUT2D eigenvalue weighted by atomic mass is 9.65. The van der Waals surface area contributed by atoms with Crippen molar-refractivity contribution in [3.8, 4) is 0 Å². The molecule has 0 aromatic heterocycles. The quantitative estimate of drug-likeness (QED) is 0.679. The van der Waals surface area contributed by atoms with Crippen LogP contribution in [0.25, 0.3) is 0 Å². The van der Waals surface area contributed by atoms with E-state index < -0.39 is 0 Å². The Morgan fingerprint density at radius 2 is 1.53 bits per heavy atom. The van der Waals surface area contributed by atoms with Crippen molar-refractivity contribution >= 4 is 0 Å². The summed E-state index contributed by atoms with van der Waals surface area (Å²) in [6.45, 7) is 18.3. The Bertz CT molecular complexity index is 222. The van der Waals surface area contributed by atoms with Gasteiger partial charge in [0.2, 0.25) is 0 Å². The first-order valence-corrected chi connectivity index (χ1v) is 7.53. The number of rotatable bonds is 5. The highest BCUT2D eigenvalue weighted by Gasteiger charge is 2.35. The zero-order valence-corrected chi connectivity index (χ0v) is 13.0. The predicted molar refractivity (Wildman–Crippen MR) is 77.3 cm³/mol. The normalized spacial score (nSPS) is 20.8. The second-order valence-electron chi connectivity index (χ2n) is 7.39. The van der Waals surface area contributed by atoms with E-state index in [1.54, 1.807) is 0 Å². The Morgan fingerprint density at radius 3 is 1.94 bits per heavy atom. The van der Waals surface area contributed by atoms with Crippen LogP contribution in [0.3, 0.4) is 0 Å². The van der Waals surface area contributed by atoms with Crippen LogP contribution in [0.5, 0.6) is 0 Å². The van der Waals surface area contributed by atoms with Gasteiger partial charge in [-0.25, -0.2) is 0 Å². The van der Waals surface area contributed by atoms with Gasteiger partial charge in [-0.2, -0.15) is 0 Å². The third-order valence-corrected chi connectivity index (χ3v) is 5.03. The molecule has 17 heavy (non-hydrogen) atoms. The number of hydrogen-bond donors (Lipinski definition) is 0. The summed E-state index contributed by atoms with van der Waals surface area (Å²) in [4.78, 5) is 2.59. The molecule has 0 bridgehead atoms. The van der Waals surface area contributed by atoms with E-state index >= 15 is 0 Å². The topological polar surface area (TPSA) is 3.24 Å². The van der Waals surface area contributed by atoms with E-state index in [-0.39, 0.29) is 0 Å². The van der Waals surface area contributed by atoms with Crippen molar-refractivity contribution in [2.24, 2.45) is 16.7 Å². The predicted octanol–water partition coefficient (Wildman–Crippen LogP) is 4.57. The number of nitrogens with zero attached hydrogens (tertiary/aromatic N) is 1. The van der Waals surface area contributed by atoms with Crippen LogP contribution in [0.15, 0.2) is 0 Å². The summed E-state index contributed by atoms with van der Waals surface area (Å²) in [7, 11) is 0. The van der Waals surface area contributed by atoms with Gasteiger partial charge in [-0.1, -0.05) is 48.0 Å². The van der Waals surface area contributed by atoms with Crippen molar-refractivity contribution in [1.82, 2.24) is 4.90 Å². The molecule has 0 spiro atoms. The molecule has 1 aliphatic heterocycles.